The predicted octanol–water partition coefficient (Wildman–Crippen LogP) is 3.11. The van der Waals surface area contributed by atoms with Crippen LogP contribution in [-0.2, 0) is 0 Å². The summed E-state index contributed by atoms with van der Waals surface area (Å²) in [5, 5.41) is 1.99. The first kappa shape index (κ1) is 8.88. The number of nitrogens with zero attached hydrogens (tertiary/aromatic N) is 3. The highest BCUT2D eigenvalue weighted by atomic mass is 35.5. The lowest BCUT2D eigenvalue weighted by Crippen LogP contribution is -1.82. The molecule has 0 aliphatic heterocycles. The fourth-order valence-electron chi connectivity index (χ4n) is 1.41. The molecule has 3 heterocycles. The number of rotatable bonds is 1. The molecule has 0 saturated heterocycles. The van der Waals surface area contributed by atoms with Crippen LogP contribution in [0.15, 0.2) is 36.1 Å². The monoisotopic (exact) mass is 235 g/mol. The zero-order chi connectivity index (χ0) is 10.3. The Morgan fingerprint density at radius 3 is 3.07 bits per heavy atom. The molecule has 0 radical (unpaired) electrons. The van der Waals surface area contributed by atoms with Crippen molar-refractivity contribution in [1.82, 2.24) is 14.4 Å². The van der Waals surface area contributed by atoms with Crippen molar-refractivity contribution in [2.75, 3.05) is 0 Å². The zero-order valence-corrected chi connectivity index (χ0v) is 9.16. The van der Waals surface area contributed by atoms with Crippen LogP contribution in [0.3, 0.4) is 0 Å². The smallest absolute Gasteiger partial charge is 0.234 e. The third-order valence-corrected chi connectivity index (χ3v) is 3.19. The van der Waals surface area contributed by atoms with E-state index in [1.165, 1.54) is 11.3 Å². The predicted molar refractivity (Wildman–Crippen MR) is 61.3 cm³/mol. The van der Waals surface area contributed by atoms with Gasteiger partial charge in [-0.2, -0.15) is 0 Å². The number of hydrogen-bond donors (Lipinski definition) is 0. The molecule has 0 fully saturated rings. The van der Waals surface area contributed by atoms with Crippen LogP contribution in [-0.4, -0.2) is 14.4 Å². The maximum absolute atomic E-state index is 5.88. The van der Waals surface area contributed by atoms with Crippen LogP contribution < -0.4 is 0 Å². The summed E-state index contributed by atoms with van der Waals surface area (Å²) in [6.45, 7) is 0. The Kier molecular flexibility index (Phi) is 1.97. The summed E-state index contributed by atoms with van der Waals surface area (Å²) in [5.41, 5.74) is 1.94. The van der Waals surface area contributed by atoms with Crippen LogP contribution in [0.2, 0.25) is 4.34 Å². The number of fused-ring (bicyclic) bond motifs is 1. The van der Waals surface area contributed by atoms with Crippen LogP contribution in [0.4, 0.5) is 0 Å². The van der Waals surface area contributed by atoms with E-state index in [1.807, 2.05) is 34.3 Å². The minimum Gasteiger partial charge on any atom is -0.291 e. The summed E-state index contributed by atoms with van der Waals surface area (Å²) in [6, 6.07) is 3.78. The van der Waals surface area contributed by atoms with Gasteiger partial charge in [-0.15, -0.1) is 11.3 Å². The Morgan fingerprint density at radius 1 is 1.40 bits per heavy atom. The zero-order valence-electron chi connectivity index (χ0n) is 7.59. The van der Waals surface area contributed by atoms with E-state index < -0.39 is 0 Å². The second kappa shape index (κ2) is 3.32. The Morgan fingerprint density at radius 2 is 2.33 bits per heavy atom. The van der Waals surface area contributed by atoms with Crippen molar-refractivity contribution in [2.24, 2.45) is 0 Å². The third kappa shape index (κ3) is 1.52. The Bertz CT molecular complexity index is 581. The lowest BCUT2D eigenvalue weighted by molar-refractivity contribution is 1.11. The van der Waals surface area contributed by atoms with E-state index in [-0.39, 0.29) is 0 Å². The van der Waals surface area contributed by atoms with Crippen LogP contribution >= 0.6 is 22.9 Å². The van der Waals surface area contributed by atoms with Crippen LogP contribution in [0, 0.1) is 0 Å². The van der Waals surface area contributed by atoms with Gasteiger partial charge in [-0.3, -0.25) is 4.40 Å². The standard InChI is InChI=1S/C10H6ClN3S/c11-9-4-7(6-15-9)8-5-14-3-1-2-12-10(14)13-8/h1-6H. The molecule has 0 aromatic carbocycles. The molecular weight excluding hydrogens is 230 g/mol. The van der Waals surface area contributed by atoms with E-state index >= 15 is 0 Å². The van der Waals surface area contributed by atoms with Crippen molar-refractivity contribution < 1.29 is 0 Å². The Labute approximate surface area is 95.0 Å². The second-order valence-electron chi connectivity index (χ2n) is 3.09. The highest BCUT2D eigenvalue weighted by Crippen LogP contribution is 2.27. The summed E-state index contributed by atoms with van der Waals surface area (Å²) in [6.07, 6.45) is 5.60. The molecule has 3 aromatic heterocycles. The third-order valence-electron chi connectivity index (χ3n) is 2.10. The minimum absolute atomic E-state index is 0.704. The molecule has 3 nitrogen and oxygen atoms in total. The van der Waals surface area contributed by atoms with Gasteiger partial charge in [-0.1, -0.05) is 11.6 Å². The number of thiophene rings is 1. The molecule has 0 atom stereocenters. The molecule has 74 valence electrons. The topological polar surface area (TPSA) is 30.2 Å². The molecule has 3 aromatic rings. The number of aromatic nitrogens is 3. The number of imidazole rings is 1. The van der Waals surface area contributed by atoms with Crippen molar-refractivity contribution >= 4 is 28.7 Å². The molecule has 0 N–H and O–H groups in total. The van der Waals surface area contributed by atoms with E-state index in [4.69, 9.17) is 11.6 Å². The first-order valence-electron chi connectivity index (χ1n) is 4.37. The van der Waals surface area contributed by atoms with Gasteiger partial charge < -0.3 is 0 Å². The van der Waals surface area contributed by atoms with E-state index in [9.17, 15) is 0 Å². The van der Waals surface area contributed by atoms with E-state index in [0.29, 0.717) is 5.78 Å². The van der Waals surface area contributed by atoms with Gasteiger partial charge in [0.1, 0.15) is 0 Å². The summed E-state index contributed by atoms with van der Waals surface area (Å²) in [5.74, 6) is 0.704. The van der Waals surface area contributed by atoms with Gasteiger partial charge in [-0.05, 0) is 12.1 Å². The van der Waals surface area contributed by atoms with Crippen LogP contribution in [0.1, 0.15) is 0 Å². The maximum Gasteiger partial charge on any atom is 0.234 e. The first-order chi connectivity index (χ1) is 7.33. The van der Waals surface area contributed by atoms with E-state index in [1.54, 1.807) is 6.20 Å². The molecule has 0 bridgehead atoms. The maximum atomic E-state index is 5.88. The second-order valence-corrected chi connectivity index (χ2v) is 4.64. The van der Waals surface area contributed by atoms with Gasteiger partial charge >= 0.3 is 0 Å². The average Bonchev–Trinajstić information content (AvgIpc) is 2.82. The van der Waals surface area contributed by atoms with Crippen molar-refractivity contribution in [2.45, 2.75) is 0 Å². The highest BCUT2D eigenvalue weighted by Gasteiger charge is 2.06. The Hall–Kier alpha value is -1.39. The average molecular weight is 236 g/mol. The van der Waals surface area contributed by atoms with Gasteiger partial charge in [0.15, 0.2) is 0 Å². The van der Waals surface area contributed by atoms with Crippen LogP contribution in [0.25, 0.3) is 17.0 Å². The molecule has 15 heavy (non-hydrogen) atoms. The largest absolute Gasteiger partial charge is 0.291 e. The van der Waals surface area contributed by atoms with Gasteiger partial charge in [0.25, 0.3) is 0 Å². The minimum atomic E-state index is 0.704. The molecule has 3 rings (SSSR count). The number of hydrogen-bond acceptors (Lipinski definition) is 3. The molecule has 0 aliphatic rings. The summed E-state index contributed by atoms with van der Waals surface area (Å²) in [4.78, 5) is 8.55. The van der Waals surface area contributed by atoms with Crippen LogP contribution in [0.5, 0.6) is 0 Å². The lowest BCUT2D eigenvalue weighted by atomic mass is 10.3. The molecular formula is C10H6ClN3S. The summed E-state index contributed by atoms with van der Waals surface area (Å²) < 4.78 is 2.66. The Balaban J connectivity index is 2.19. The molecule has 0 saturated carbocycles. The van der Waals surface area contributed by atoms with Gasteiger partial charge in [0.05, 0.1) is 10.0 Å². The number of halogens is 1. The molecule has 0 aliphatic carbocycles. The van der Waals surface area contributed by atoms with Gasteiger partial charge in [0.2, 0.25) is 5.78 Å². The van der Waals surface area contributed by atoms with Crippen molar-refractivity contribution in [3.63, 3.8) is 0 Å². The molecule has 5 heteroatoms. The van der Waals surface area contributed by atoms with Gasteiger partial charge in [-0.25, -0.2) is 9.97 Å². The lowest BCUT2D eigenvalue weighted by Gasteiger charge is -1.85. The van der Waals surface area contributed by atoms with Gasteiger partial charge in [0, 0.05) is 29.5 Å². The van der Waals surface area contributed by atoms with Crippen molar-refractivity contribution in [3.8, 4) is 11.3 Å². The quantitative estimate of drug-likeness (QED) is 0.649. The van der Waals surface area contributed by atoms with E-state index in [0.717, 1.165) is 15.6 Å². The molecule has 0 amide bonds. The fraction of sp³-hybridized carbons (Fsp3) is 0. The van der Waals surface area contributed by atoms with Crippen molar-refractivity contribution in [1.29, 1.82) is 0 Å². The first-order valence-corrected chi connectivity index (χ1v) is 5.63. The SMILES string of the molecule is Clc1cc(-c2cn3cccnc3n2)cs1. The highest BCUT2D eigenvalue weighted by molar-refractivity contribution is 7.14. The molecule has 0 spiro atoms. The fourth-order valence-corrected chi connectivity index (χ4v) is 2.29. The molecule has 0 unspecified atom stereocenters. The van der Waals surface area contributed by atoms with E-state index in [2.05, 4.69) is 9.97 Å². The summed E-state index contributed by atoms with van der Waals surface area (Å²) >= 11 is 7.38. The summed E-state index contributed by atoms with van der Waals surface area (Å²) in [7, 11) is 0. The van der Waals surface area contributed by atoms with Crippen molar-refractivity contribution in [3.05, 3.63) is 40.4 Å². The normalized spacial score (nSPS) is 11.0.